The molecule has 0 aromatic carbocycles. The Morgan fingerprint density at radius 3 is 3.14 bits per heavy atom. The zero-order chi connectivity index (χ0) is 15.5. The van der Waals surface area contributed by atoms with Crippen molar-refractivity contribution < 1.29 is 9.21 Å². The summed E-state index contributed by atoms with van der Waals surface area (Å²) in [6, 6.07) is 5.23. The van der Waals surface area contributed by atoms with Gasteiger partial charge < -0.3 is 9.73 Å². The summed E-state index contributed by atoms with van der Waals surface area (Å²) in [5.41, 5.74) is 0.912. The van der Waals surface area contributed by atoms with Crippen LogP contribution in [0.15, 0.2) is 40.5 Å². The van der Waals surface area contributed by atoms with Crippen LogP contribution >= 0.6 is 23.6 Å². The molecule has 0 saturated heterocycles. The molecule has 0 bridgehead atoms. The largest absolute Gasteiger partial charge is 0.472 e. The number of H-pyrrole nitrogens is 1. The first-order chi connectivity index (χ1) is 10.7. The van der Waals surface area contributed by atoms with Crippen molar-refractivity contribution in [3.05, 3.63) is 46.4 Å². The van der Waals surface area contributed by atoms with Crippen molar-refractivity contribution in [1.82, 2.24) is 20.1 Å². The summed E-state index contributed by atoms with van der Waals surface area (Å²) in [5.74, 6) is 0.544. The van der Waals surface area contributed by atoms with Crippen LogP contribution < -0.4 is 5.32 Å². The van der Waals surface area contributed by atoms with E-state index in [4.69, 9.17) is 16.6 Å². The van der Waals surface area contributed by atoms with Crippen molar-refractivity contribution in [2.45, 2.75) is 19.5 Å². The predicted molar refractivity (Wildman–Crippen MR) is 86.0 cm³/mol. The average molecular weight is 334 g/mol. The summed E-state index contributed by atoms with van der Waals surface area (Å²) in [6.07, 6.45) is 3.18. The van der Waals surface area contributed by atoms with E-state index in [1.54, 1.807) is 35.4 Å². The third kappa shape index (κ3) is 2.88. The highest BCUT2D eigenvalue weighted by Crippen LogP contribution is 2.25. The first-order valence-electron chi connectivity index (χ1n) is 6.66. The van der Waals surface area contributed by atoms with Crippen LogP contribution in [0.4, 0.5) is 0 Å². The molecule has 0 spiro atoms. The van der Waals surface area contributed by atoms with E-state index >= 15 is 0 Å². The van der Waals surface area contributed by atoms with Gasteiger partial charge in [-0.15, -0.1) is 11.3 Å². The highest BCUT2D eigenvalue weighted by molar-refractivity contribution is 7.71. The first kappa shape index (κ1) is 14.7. The molecule has 0 unspecified atom stereocenters. The number of amides is 1. The van der Waals surface area contributed by atoms with Crippen molar-refractivity contribution in [3.63, 3.8) is 0 Å². The second-order valence-electron chi connectivity index (χ2n) is 4.73. The number of hydrogen-bond acceptors (Lipinski definition) is 5. The standard InChI is InChI=1S/C14H14N4O2S2/c1-9(13(19)15-7-10-4-5-20-8-10)18-12(16-17-14(18)21)11-3-2-6-22-11/h2-6,8-9H,7H2,1H3,(H,15,19)(H,17,21)/t9-/m1/s1. The zero-order valence-electron chi connectivity index (χ0n) is 11.8. The minimum atomic E-state index is -0.463. The molecule has 22 heavy (non-hydrogen) atoms. The molecule has 3 heterocycles. The number of aromatic amines is 1. The number of rotatable bonds is 5. The van der Waals surface area contributed by atoms with Crippen molar-refractivity contribution in [2.75, 3.05) is 0 Å². The van der Waals surface area contributed by atoms with E-state index < -0.39 is 6.04 Å². The van der Waals surface area contributed by atoms with Gasteiger partial charge in [0.05, 0.1) is 17.4 Å². The lowest BCUT2D eigenvalue weighted by atomic mass is 10.2. The fraction of sp³-hybridized carbons (Fsp3) is 0.214. The Labute approximate surface area is 135 Å². The van der Waals surface area contributed by atoms with Crippen LogP contribution in [0.25, 0.3) is 10.7 Å². The number of nitrogens with one attached hydrogen (secondary N) is 2. The van der Waals surface area contributed by atoms with Gasteiger partial charge in [0.15, 0.2) is 10.6 Å². The van der Waals surface area contributed by atoms with Crippen LogP contribution in [0.2, 0.25) is 0 Å². The summed E-state index contributed by atoms with van der Waals surface area (Å²) in [4.78, 5) is 13.3. The molecular weight excluding hydrogens is 320 g/mol. The molecule has 0 aliphatic carbocycles. The summed E-state index contributed by atoms with van der Waals surface area (Å²) >= 11 is 6.81. The molecular formula is C14H14N4O2S2. The number of thiophene rings is 1. The fourth-order valence-corrected chi connectivity index (χ4v) is 3.09. The predicted octanol–water partition coefficient (Wildman–Crippen LogP) is 3.14. The number of carbonyl (C=O) groups excluding carboxylic acids is 1. The van der Waals surface area contributed by atoms with Gasteiger partial charge in [-0.05, 0) is 36.7 Å². The summed E-state index contributed by atoms with van der Waals surface area (Å²) in [6.45, 7) is 2.21. The molecule has 3 aromatic heterocycles. The van der Waals surface area contributed by atoms with Gasteiger partial charge in [-0.2, -0.15) is 5.10 Å². The molecule has 3 rings (SSSR count). The average Bonchev–Trinajstić information content (AvgIpc) is 3.25. The second-order valence-corrected chi connectivity index (χ2v) is 6.06. The van der Waals surface area contributed by atoms with Gasteiger partial charge in [0, 0.05) is 12.1 Å². The van der Waals surface area contributed by atoms with Crippen LogP contribution in [0, 0.1) is 4.77 Å². The maximum Gasteiger partial charge on any atom is 0.243 e. The maximum atomic E-state index is 12.4. The Morgan fingerprint density at radius 2 is 2.45 bits per heavy atom. The molecule has 6 nitrogen and oxygen atoms in total. The van der Waals surface area contributed by atoms with E-state index in [-0.39, 0.29) is 5.91 Å². The van der Waals surface area contributed by atoms with Crippen LogP contribution in [-0.4, -0.2) is 20.7 Å². The summed E-state index contributed by atoms with van der Waals surface area (Å²) in [7, 11) is 0. The second kappa shape index (κ2) is 6.29. The van der Waals surface area contributed by atoms with Crippen LogP contribution in [-0.2, 0) is 11.3 Å². The smallest absolute Gasteiger partial charge is 0.243 e. The van der Waals surface area contributed by atoms with Gasteiger partial charge in [-0.25, -0.2) is 0 Å². The third-order valence-electron chi connectivity index (χ3n) is 3.26. The molecule has 1 atom stereocenters. The number of aromatic nitrogens is 3. The van der Waals surface area contributed by atoms with E-state index in [1.807, 2.05) is 23.6 Å². The molecule has 8 heteroatoms. The summed E-state index contributed by atoms with van der Waals surface area (Å²) in [5, 5.41) is 11.8. The van der Waals surface area contributed by atoms with Crippen LogP contribution in [0.3, 0.4) is 0 Å². The Hall–Kier alpha value is -2.19. The molecule has 0 radical (unpaired) electrons. The lowest BCUT2D eigenvalue weighted by molar-refractivity contribution is -0.124. The molecule has 2 N–H and O–H groups in total. The quantitative estimate of drug-likeness (QED) is 0.703. The van der Waals surface area contributed by atoms with Gasteiger partial charge in [0.25, 0.3) is 0 Å². The number of carbonyl (C=O) groups is 1. The van der Waals surface area contributed by atoms with E-state index in [0.29, 0.717) is 17.1 Å². The van der Waals surface area contributed by atoms with Crippen molar-refractivity contribution in [3.8, 4) is 10.7 Å². The Morgan fingerprint density at radius 1 is 1.59 bits per heavy atom. The highest BCUT2D eigenvalue weighted by atomic mass is 32.1. The van der Waals surface area contributed by atoms with Crippen LogP contribution in [0.5, 0.6) is 0 Å². The Kier molecular flexibility index (Phi) is 4.21. The molecule has 3 aromatic rings. The fourth-order valence-electron chi connectivity index (χ4n) is 2.09. The Bertz CT molecular complexity index is 802. The number of furan rings is 1. The summed E-state index contributed by atoms with van der Waals surface area (Å²) < 4.78 is 7.13. The molecule has 1 amide bonds. The van der Waals surface area contributed by atoms with E-state index in [2.05, 4.69) is 15.5 Å². The van der Waals surface area contributed by atoms with E-state index in [9.17, 15) is 4.79 Å². The monoisotopic (exact) mass is 334 g/mol. The molecule has 0 saturated carbocycles. The molecule has 0 aliphatic heterocycles. The molecule has 114 valence electrons. The maximum absolute atomic E-state index is 12.4. The lowest BCUT2D eigenvalue weighted by Gasteiger charge is -2.14. The van der Waals surface area contributed by atoms with Gasteiger partial charge in [-0.1, -0.05) is 6.07 Å². The van der Waals surface area contributed by atoms with Gasteiger partial charge in [-0.3, -0.25) is 14.5 Å². The minimum absolute atomic E-state index is 0.128. The van der Waals surface area contributed by atoms with Crippen molar-refractivity contribution in [2.24, 2.45) is 0 Å². The topological polar surface area (TPSA) is 75.8 Å². The minimum Gasteiger partial charge on any atom is -0.472 e. The number of hydrogen-bond donors (Lipinski definition) is 2. The SMILES string of the molecule is C[C@H](C(=O)NCc1ccoc1)n1c(-c2cccs2)n[nH]c1=S. The first-order valence-corrected chi connectivity index (χ1v) is 7.95. The van der Waals surface area contributed by atoms with Crippen molar-refractivity contribution >= 4 is 29.5 Å². The molecule has 0 aliphatic rings. The third-order valence-corrected chi connectivity index (χ3v) is 4.41. The molecule has 0 fully saturated rings. The van der Waals surface area contributed by atoms with E-state index in [1.165, 1.54) is 0 Å². The Balaban J connectivity index is 1.80. The van der Waals surface area contributed by atoms with E-state index in [0.717, 1.165) is 10.4 Å². The van der Waals surface area contributed by atoms with Gasteiger partial charge in [0.2, 0.25) is 5.91 Å². The number of nitrogens with zero attached hydrogens (tertiary/aromatic N) is 2. The lowest BCUT2D eigenvalue weighted by Crippen LogP contribution is -2.30. The van der Waals surface area contributed by atoms with Gasteiger partial charge in [0.1, 0.15) is 6.04 Å². The van der Waals surface area contributed by atoms with Crippen LogP contribution in [0.1, 0.15) is 18.5 Å². The van der Waals surface area contributed by atoms with Gasteiger partial charge >= 0.3 is 0 Å². The zero-order valence-corrected chi connectivity index (χ0v) is 13.4. The van der Waals surface area contributed by atoms with Crippen molar-refractivity contribution in [1.29, 1.82) is 0 Å². The highest BCUT2D eigenvalue weighted by Gasteiger charge is 2.21. The normalized spacial score (nSPS) is 12.2.